The van der Waals surface area contributed by atoms with Crippen molar-refractivity contribution in [3.8, 4) is 5.75 Å². The van der Waals surface area contributed by atoms with Gasteiger partial charge in [0.1, 0.15) is 16.8 Å². The molecule has 6 nitrogen and oxygen atoms in total. The van der Waals surface area contributed by atoms with E-state index in [0.29, 0.717) is 18.8 Å². The van der Waals surface area contributed by atoms with Crippen LogP contribution in [0.15, 0.2) is 60.8 Å². The van der Waals surface area contributed by atoms with Crippen LogP contribution in [-0.4, -0.2) is 38.7 Å². The number of carbonyl (C=O) groups excluding carboxylic acids is 1. The zero-order valence-electron chi connectivity index (χ0n) is 15.0. The van der Waals surface area contributed by atoms with Crippen LogP contribution in [0.1, 0.15) is 22.2 Å². The SMILES string of the molecule is COc1ccccc1Cn1cc([C@H]2SCC(=O)N2Cc2ccccc2)nn1. The lowest BCUT2D eigenvalue weighted by molar-refractivity contribution is -0.128. The van der Waals surface area contributed by atoms with Crippen LogP contribution in [0.4, 0.5) is 0 Å². The Kier molecular flexibility index (Phi) is 5.11. The van der Waals surface area contributed by atoms with E-state index in [2.05, 4.69) is 10.3 Å². The number of hydrogen-bond acceptors (Lipinski definition) is 5. The van der Waals surface area contributed by atoms with Crippen molar-refractivity contribution in [3.63, 3.8) is 0 Å². The molecule has 1 amide bonds. The van der Waals surface area contributed by atoms with Crippen molar-refractivity contribution in [2.75, 3.05) is 12.9 Å². The van der Waals surface area contributed by atoms with Crippen LogP contribution < -0.4 is 4.74 Å². The second-order valence-corrected chi connectivity index (χ2v) is 7.39. The molecule has 0 radical (unpaired) electrons. The van der Waals surface area contributed by atoms with E-state index >= 15 is 0 Å². The van der Waals surface area contributed by atoms with Crippen LogP contribution in [0.25, 0.3) is 0 Å². The van der Waals surface area contributed by atoms with E-state index in [4.69, 9.17) is 4.74 Å². The lowest BCUT2D eigenvalue weighted by Gasteiger charge is -2.22. The van der Waals surface area contributed by atoms with E-state index in [0.717, 1.165) is 22.6 Å². The Bertz CT molecular complexity index is 928. The number of aromatic nitrogens is 3. The Hall–Kier alpha value is -2.80. The van der Waals surface area contributed by atoms with Gasteiger partial charge >= 0.3 is 0 Å². The van der Waals surface area contributed by atoms with Crippen molar-refractivity contribution in [3.05, 3.63) is 77.6 Å². The van der Waals surface area contributed by atoms with Crippen LogP contribution >= 0.6 is 11.8 Å². The van der Waals surface area contributed by atoms with Crippen LogP contribution in [0.5, 0.6) is 5.75 Å². The second-order valence-electron chi connectivity index (χ2n) is 6.32. The fourth-order valence-electron chi connectivity index (χ4n) is 3.16. The molecule has 2 heterocycles. The quantitative estimate of drug-likeness (QED) is 0.658. The van der Waals surface area contributed by atoms with Crippen molar-refractivity contribution in [1.29, 1.82) is 0 Å². The Balaban J connectivity index is 1.52. The molecule has 0 saturated carbocycles. The number of benzene rings is 2. The third kappa shape index (κ3) is 3.83. The highest BCUT2D eigenvalue weighted by Gasteiger charge is 2.34. The lowest BCUT2D eigenvalue weighted by atomic mass is 10.2. The molecule has 7 heteroatoms. The van der Waals surface area contributed by atoms with Crippen molar-refractivity contribution in [2.45, 2.75) is 18.5 Å². The average molecular weight is 380 g/mol. The monoisotopic (exact) mass is 380 g/mol. The van der Waals surface area contributed by atoms with Gasteiger partial charge in [-0.15, -0.1) is 16.9 Å². The van der Waals surface area contributed by atoms with Gasteiger partial charge in [0.15, 0.2) is 0 Å². The molecule has 1 atom stereocenters. The first-order chi connectivity index (χ1) is 13.2. The molecule has 1 aliphatic rings. The van der Waals surface area contributed by atoms with Gasteiger partial charge in [0.2, 0.25) is 5.91 Å². The van der Waals surface area contributed by atoms with Gasteiger partial charge in [0, 0.05) is 12.1 Å². The molecule has 138 valence electrons. The van der Waals surface area contributed by atoms with E-state index in [9.17, 15) is 4.79 Å². The zero-order valence-corrected chi connectivity index (χ0v) is 15.8. The highest BCUT2D eigenvalue weighted by molar-refractivity contribution is 8.00. The number of carbonyl (C=O) groups is 1. The Morgan fingerprint density at radius 2 is 1.89 bits per heavy atom. The summed E-state index contributed by atoms with van der Waals surface area (Å²) < 4.78 is 7.19. The third-order valence-corrected chi connectivity index (χ3v) is 5.72. The van der Waals surface area contributed by atoms with Crippen LogP contribution in [0.2, 0.25) is 0 Å². The number of rotatable bonds is 6. The van der Waals surface area contributed by atoms with Gasteiger partial charge in [-0.2, -0.15) is 0 Å². The van der Waals surface area contributed by atoms with E-state index in [-0.39, 0.29) is 11.3 Å². The molecule has 1 fully saturated rings. The fourth-order valence-corrected chi connectivity index (χ4v) is 4.28. The molecule has 0 unspecified atom stereocenters. The van der Waals surface area contributed by atoms with Crippen molar-refractivity contribution >= 4 is 17.7 Å². The molecule has 0 bridgehead atoms. The Labute approximate surface area is 162 Å². The molecule has 0 N–H and O–H groups in total. The summed E-state index contributed by atoms with van der Waals surface area (Å²) in [5.41, 5.74) is 2.95. The lowest BCUT2D eigenvalue weighted by Crippen LogP contribution is -2.27. The number of ether oxygens (including phenoxy) is 1. The van der Waals surface area contributed by atoms with Gasteiger partial charge < -0.3 is 9.64 Å². The number of amides is 1. The number of methoxy groups -OCH3 is 1. The molecule has 4 rings (SSSR count). The Morgan fingerprint density at radius 3 is 2.70 bits per heavy atom. The maximum atomic E-state index is 12.4. The van der Waals surface area contributed by atoms with E-state index < -0.39 is 0 Å². The summed E-state index contributed by atoms with van der Waals surface area (Å²) in [5, 5.41) is 8.48. The van der Waals surface area contributed by atoms with Gasteiger partial charge in [-0.05, 0) is 11.6 Å². The minimum Gasteiger partial charge on any atom is -0.496 e. The smallest absolute Gasteiger partial charge is 0.234 e. The molecule has 0 spiro atoms. The molecule has 1 aromatic heterocycles. The summed E-state index contributed by atoms with van der Waals surface area (Å²) in [6, 6.07) is 17.9. The minimum absolute atomic E-state index is 0.107. The maximum absolute atomic E-state index is 12.4. The van der Waals surface area contributed by atoms with Gasteiger partial charge in [-0.1, -0.05) is 53.7 Å². The summed E-state index contributed by atoms with van der Waals surface area (Å²) in [4.78, 5) is 14.2. The molecule has 1 aliphatic heterocycles. The number of hydrogen-bond donors (Lipinski definition) is 0. The number of thioether (sulfide) groups is 1. The summed E-state index contributed by atoms with van der Waals surface area (Å²) >= 11 is 1.59. The third-order valence-electron chi connectivity index (χ3n) is 4.50. The van der Waals surface area contributed by atoms with Crippen LogP contribution in [0, 0.1) is 0 Å². The minimum atomic E-state index is -0.107. The highest BCUT2D eigenvalue weighted by Crippen LogP contribution is 2.38. The second kappa shape index (κ2) is 7.84. The van der Waals surface area contributed by atoms with Crippen LogP contribution in [0.3, 0.4) is 0 Å². The normalized spacial score (nSPS) is 16.7. The van der Waals surface area contributed by atoms with E-state index in [1.54, 1.807) is 23.6 Å². The van der Waals surface area contributed by atoms with Crippen molar-refractivity contribution < 1.29 is 9.53 Å². The summed E-state index contributed by atoms with van der Waals surface area (Å²) in [7, 11) is 1.66. The first-order valence-electron chi connectivity index (χ1n) is 8.71. The van der Waals surface area contributed by atoms with Gasteiger partial charge in [0.05, 0.1) is 25.6 Å². The molecule has 0 aliphatic carbocycles. The maximum Gasteiger partial charge on any atom is 0.234 e. The first kappa shape index (κ1) is 17.6. The Morgan fingerprint density at radius 1 is 1.11 bits per heavy atom. The average Bonchev–Trinajstić information content (AvgIpc) is 3.30. The predicted molar refractivity (Wildman–Crippen MR) is 104 cm³/mol. The molecule has 3 aromatic rings. The van der Waals surface area contributed by atoms with Gasteiger partial charge in [-0.3, -0.25) is 4.79 Å². The van der Waals surface area contributed by atoms with Crippen molar-refractivity contribution in [1.82, 2.24) is 19.9 Å². The predicted octanol–water partition coefficient (Wildman–Crippen LogP) is 3.11. The summed E-state index contributed by atoms with van der Waals surface area (Å²) in [6.45, 7) is 1.15. The van der Waals surface area contributed by atoms with E-state index in [1.807, 2.05) is 65.7 Å². The van der Waals surface area contributed by atoms with Crippen LogP contribution in [-0.2, 0) is 17.9 Å². The van der Waals surface area contributed by atoms with E-state index in [1.165, 1.54) is 0 Å². The highest BCUT2D eigenvalue weighted by atomic mass is 32.2. The molecule has 1 saturated heterocycles. The summed E-state index contributed by atoms with van der Waals surface area (Å²) in [6.07, 6.45) is 1.92. The molecular formula is C20H20N4O2S. The van der Waals surface area contributed by atoms with Gasteiger partial charge in [-0.25, -0.2) is 4.68 Å². The largest absolute Gasteiger partial charge is 0.496 e. The topological polar surface area (TPSA) is 60.2 Å². The summed E-state index contributed by atoms with van der Waals surface area (Å²) in [5.74, 6) is 1.43. The number of para-hydroxylation sites is 1. The number of nitrogens with zero attached hydrogens (tertiary/aromatic N) is 4. The fraction of sp³-hybridized carbons (Fsp3) is 0.250. The standard InChI is InChI=1S/C20H20N4O2S/c1-26-18-10-6-5-9-16(18)12-23-13-17(21-22-23)20-24(19(25)14-27-20)11-15-7-3-2-4-8-15/h2-10,13,20H,11-12,14H2,1H3/t20-/m1/s1. The molecule has 27 heavy (non-hydrogen) atoms. The molecule has 2 aromatic carbocycles. The van der Waals surface area contributed by atoms with Gasteiger partial charge in [0.25, 0.3) is 0 Å². The first-order valence-corrected chi connectivity index (χ1v) is 9.76. The molecular weight excluding hydrogens is 360 g/mol. The zero-order chi connectivity index (χ0) is 18.6. The van der Waals surface area contributed by atoms with Crippen molar-refractivity contribution in [2.24, 2.45) is 0 Å².